The summed E-state index contributed by atoms with van der Waals surface area (Å²) in [6, 6.07) is -0.553. The molecule has 6 nitrogen and oxygen atoms in total. The molecule has 0 saturated carbocycles. The highest BCUT2D eigenvalue weighted by atomic mass is 16.5. The normalized spacial score (nSPS) is 12.8. The van der Waals surface area contributed by atoms with Gasteiger partial charge in [-0.05, 0) is 89.9 Å². The van der Waals surface area contributed by atoms with Crippen molar-refractivity contribution >= 4 is 11.9 Å². The molecule has 0 aliphatic heterocycles. The first-order valence-electron chi connectivity index (χ1n) is 29.2. The summed E-state index contributed by atoms with van der Waals surface area (Å²) in [5, 5.41) is 23.2. The minimum atomic E-state index is -0.674. The maximum absolute atomic E-state index is 12.4. The van der Waals surface area contributed by atoms with Crippen LogP contribution in [0, 0.1) is 0 Å². The van der Waals surface area contributed by atoms with Crippen molar-refractivity contribution in [3.8, 4) is 0 Å². The smallest absolute Gasteiger partial charge is 0.305 e. The van der Waals surface area contributed by atoms with Gasteiger partial charge < -0.3 is 20.3 Å². The van der Waals surface area contributed by atoms with Gasteiger partial charge in [0.25, 0.3) is 0 Å². The second kappa shape index (κ2) is 55.7. The molecule has 0 radical (unpaired) electrons. The quantitative estimate of drug-likeness (QED) is 0.0321. The number of hydrogen-bond acceptors (Lipinski definition) is 5. The Bertz CT molecular complexity index is 1070. The molecule has 0 fully saturated rings. The van der Waals surface area contributed by atoms with E-state index in [4.69, 9.17) is 4.74 Å². The van der Waals surface area contributed by atoms with Crippen molar-refractivity contribution in [2.24, 2.45) is 0 Å². The van der Waals surface area contributed by atoms with Crippen LogP contribution < -0.4 is 5.32 Å². The van der Waals surface area contributed by atoms with Gasteiger partial charge in [-0.15, -0.1) is 0 Å². The van der Waals surface area contributed by atoms with Gasteiger partial charge in [0.15, 0.2) is 0 Å². The van der Waals surface area contributed by atoms with Crippen molar-refractivity contribution in [1.82, 2.24) is 5.32 Å². The van der Waals surface area contributed by atoms with E-state index in [1.54, 1.807) is 0 Å². The molecular formula is C60H113NO5. The number of ether oxygens (including phenoxy) is 1. The van der Waals surface area contributed by atoms with E-state index in [0.717, 1.165) is 83.5 Å². The molecule has 1 amide bonds. The molecule has 0 spiro atoms. The predicted molar refractivity (Wildman–Crippen MR) is 287 cm³/mol. The number of unbranched alkanes of at least 4 members (excludes halogenated alkanes) is 37. The molecule has 0 rings (SSSR count). The fraction of sp³-hybridized carbons (Fsp3) is 0.867. The molecule has 2 unspecified atom stereocenters. The first-order chi connectivity index (χ1) is 32.5. The zero-order valence-corrected chi connectivity index (χ0v) is 44.2. The van der Waals surface area contributed by atoms with Gasteiger partial charge in [0.1, 0.15) is 0 Å². The molecule has 0 saturated heterocycles. The highest BCUT2D eigenvalue weighted by molar-refractivity contribution is 5.76. The number of nitrogens with one attached hydrogen (secondary N) is 1. The van der Waals surface area contributed by atoms with Crippen molar-refractivity contribution < 1.29 is 24.5 Å². The van der Waals surface area contributed by atoms with Crippen molar-refractivity contribution in [1.29, 1.82) is 0 Å². The average Bonchev–Trinajstić information content (AvgIpc) is 3.32. The van der Waals surface area contributed by atoms with Gasteiger partial charge in [-0.1, -0.05) is 243 Å². The monoisotopic (exact) mass is 928 g/mol. The lowest BCUT2D eigenvalue weighted by Crippen LogP contribution is -2.45. The van der Waals surface area contributed by atoms with Crippen LogP contribution in [0.1, 0.15) is 309 Å². The molecule has 66 heavy (non-hydrogen) atoms. The highest BCUT2D eigenvalue weighted by Gasteiger charge is 2.20. The number of esters is 1. The lowest BCUT2D eigenvalue weighted by Gasteiger charge is -2.22. The minimum absolute atomic E-state index is 0.0160. The van der Waals surface area contributed by atoms with E-state index in [9.17, 15) is 19.8 Å². The number of hydrogen-bond donors (Lipinski definition) is 3. The minimum Gasteiger partial charge on any atom is -0.466 e. The van der Waals surface area contributed by atoms with Gasteiger partial charge in [-0.2, -0.15) is 0 Å². The van der Waals surface area contributed by atoms with Crippen LogP contribution in [0.5, 0.6) is 0 Å². The van der Waals surface area contributed by atoms with Gasteiger partial charge in [0.2, 0.25) is 5.91 Å². The average molecular weight is 929 g/mol. The zero-order valence-electron chi connectivity index (χ0n) is 44.2. The van der Waals surface area contributed by atoms with Crippen molar-refractivity contribution in [2.75, 3.05) is 13.2 Å². The van der Waals surface area contributed by atoms with Crippen LogP contribution in [0.3, 0.4) is 0 Å². The molecule has 0 heterocycles. The number of amides is 1. The molecule has 3 N–H and O–H groups in total. The Morgan fingerprint density at radius 1 is 0.424 bits per heavy atom. The number of carbonyl (C=O) groups is 2. The molecule has 6 heteroatoms. The van der Waals surface area contributed by atoms with Gasteiger partial charge in [-0.25, -0.2) is 0 Å². The number of aliphatic hydroxyl groups is 2. The SMILES string of the molecule is CCCCCCCC/C=C\CCCCCCCCCCCC(=O)OCCCCC/C=C\C/C=C\CCCCCCCCCC(=O)NC(CO)C(O)CCCCCCCCCCCCCCC. The summed E-state index contributed by atoms with van der Waals surface area (Å²) in [5.41, 5.74) is 0. The lowest BCUT2D eigenvalue weighted by atomic mass is 10.0. The number of carbonyl (C=O) groups excluding carboxylic acids is 2. The summed E-state index contributed by atoms with van der Waals surface area (Å²) < 4.78 is 5.47. The topological polar surface area (TPSA) is 95.9 Å². The van der Waals surface area contributed by atoms with E-state index in [2.05, 4.69) is 55.6 Å². The van der Waals surface area contributed by atoms with Crippen molar-refractivity contribution in [3.63, 3.8) is 0 Å². The largest absolute Gasteiger partial charge is 0.466 e. The third kappa shape index (κ3) is 51.5. The van der Waals surface area contributed by atoms with Crippen molar-refractivity contribution in [2.45, 2.75) is 321 Å². The van der Waals surface area contributed by atoms with Gasteiger partial charge >= 0.3 is 5.97 Å². The third-order valence-corrected chi connectivity index (χ3v) is 13.4. The van der Waals surface area contributed by atoms with E-state index < -0.39 is 12.1 Å². The van der Waals surface area contributed by atoms with Crippen LogP contribution in [-0.4, -0.2) is 47.4 Å². The zero-order chi connectivity index (χ0) is 47.9. The second-order valence-electron chi connectivity index (χ2n) is 20.0. The maximum atomic E-state index is 12.4. The van der Waals surface area contributed by atoms with Crippen LogP contribution in [0.25, 0.3) is 0 Å². The fourth-order valence-corrected chi connectivity index (χ4v) is 8.90. The Kier molecular flexibility index (Phi) is 54.1. The van der Waals surface area contributed by atoms with Crippen molar-refractivity contribution in [3.05, 3.63) is 36.5 Å². The number of aliphatic hydroxyl groups excluding tert-OH is 2. The molecule has 0 aromatic rings. The number of rotatable bonds is 54. The number of allylic oxidation sites excluding steroid dienone is 6. The Labute approximate surface area is 411 Å². The first-order valence-corrected chi connectivity index (χ1v) is 29.2. The fourth-order valence-electron chi connectivity index (χ4n) is 8.90. The summed E-state index contributed by atoms with van der Waals surface area (Å²) in [5.74, 6) is -0.0672. The Morgan fingerprint density at radius 2 is 0.758 bits per heavy atom. The van der Waals surface area contributed by atoms with Gasteiger partial charge in [-0.3, -0.25) is 9.59 Å². The Balaban J connectivity index is 3.47. The maximum Gasteiger partial charge on any atom is 0.305 e. The van der Waals surface area contributed by atoms with E-state index in [1.807, 2.05) is 0 Å². The molecule has 0 aliphatic carbocycles. The van der Waals surface area contributed by atoms with E-state index in [-0.39, 0.29) is 18.5 Å². The van der Waals surface area contributed by atoms with Crippen LogP contribution in [0.2, 0.25) is 0 Å². The van der Waals surface area contributed by atoms with E-state index in [0.29, 0.717) is 25.9 Å². The Hall–Kier alpha value is -1.92. The van der Waals surface area contributed by atoms with Crippen LogP contribution in [-0.2, 0) is 14.3 Å². The molecule has 0 aliphatic rings. The third-order valence-electron chi connectivity index (χ3n) is 13.4. The van der Waals surface area contributed by atoms with Gasteiger partial charge in [0.05, 0.1) is 25.4 Å². The molecule has 2 atom stereocenters. The summed E-state index contributed by atoms with van der Waals surface area (Å²) in [7, 11) is 0. The van der Waals surface area contributed by atoms with E-state index >= 15 is 0 Å². The summed E-state index contributed by atoms with van der Waals surface area (Å²) in [4.78, 5) is 24.5. The lowest BCUT2D eigenvalue weighted by molar-refractivity contribution is -0.143. The predicted octanol–water partition coefficient (Wildman–Crippen LogP) is 18.0. The standard InChI is InChI=1S/C60H113NO5/c1-3-5-7-9-11-13-15-17-18-19-20-23-26-30-34-38-42-46-50-54-60(65)66-55-51-47-43-39-35-31-27-24-21-22-25-29-33-37-41-45-49-53-59(64)61-57(56-62)58(63)52-48-44-40-36-32-28-16-14-12-10-8-6-4-2/h17-18,21,24,31,35,57-58,62-63H,3-16,19-20,22-23,25-30,32-34,36-56H2,1-2H3,(H,61,64)/b18-17-,24-21-,35-31-. The second-order valence-corrected chi connectivity index (χ2v) is 20.0. The Morgan fingerprint density at radius 3 is 1.17 bits per heavy atom. The van der Waals surface area contributed by atoms with Crippen LogP contribution in [0.4, 0.5) is 0 Å². The summed E-state index contributed by atoms with van der Waals surface area (Å²) in [6.45, 7) is 4.91. The van der Waals surface area contributed by atoms with Crippen LogP contribution >= 0.6 is 0 Å². The molecule has 0 bridgehead atoms. The molecular weight excluding hydrogens is 815 g/mol. The summed E-state index contributed by atoms with van der Waals surface area (Å²) >= 11 is 0. The molecule has 388 valence electrons. The molecule has 0 aromatic carbocycles. The molecule has 0 aromatic heterocycles. The first kappa shape index (κ1) is 64.1. The summed E-state index contributed by atoms with van der Waals surface area (Å²) in [6.07, 6.45) is 68.5. The highest BCUT2D eigenvalue weighted by Crippen LogP contribution is 2.16. The van der Waals surface area contributed by atoms with Gasteiger partial charge in [0, 0.05) is 12.8 Å². The van der Waals surface area contributed by atoms with Crippen LogP contribution in [0.15, 0.2) is 36.5 Å². The van der Waals surface area contributed by atoms with E-state index in [1.165, 1.54) is 193 Å².